The Morgan fingerprint density at radius 2 is 1.57 bits per heavy atom. The van der Waals surface area contributed by atoms with Crippen LogP contribution in [0, 0.1) is 11.2 Å². The van der Waals surface area contributed by atoms with Crippen molar-refractivity contribution in [1.29, 1.82) is 0 Å². The van der Waals surface area contributed by atoms with Crippen LogP contribution in [0.5, 0.6) is 0 Å². The number of rotatable bonds is 5. The van der Waals surface area contributed by atoms with Gasteiger partial charge in [-0.2, -0.15) is 0 Å². The molecule has 1 fully saturated rings. The van der Waals surface area contributed by atoms with Gasteiger partial charge in [0.2, 0.25) is 11.8 Å². The summed E-state index contributed by atoms with van der Waals surface area (Å²) in [6.45, 7) is 6.86. The molecule has 1 N–H and O–H groups in total. The summed E-state index contributed by atoms with van der Waals surface area (Å²) in [6, 6.07) is 15.8. The molecule has 0 aromatic heterocycles. The third-order valence-corrected chi connectivity index (χ3v) is 5.11. The molecule has 0 saturated carbocycles. The quantitative estimate of drug-likeness (QED) is 0.807. The number of benzene rings is 2. The second kappa shape index (κ2) is 8.52. The molecule has 0 atom stereocenters. The number of anilines is 1. The van der Waals surface area contributed by atoms with E-state index in [9.17, 15) is 14.0 Å². The fourth-order valence-electron chi connectivity index (χ4n) is 3.26. The summed E-state index contributed by atoms with van der Waals surface area (Å²) in [4.78, 5) is 29.7. The second-order valence-electron chi connectivity index (χ2n) is 7.64. The average Bonchev–Trinajstić information content (AvgIpc) is 2.70. The monoisotopic (exact) mass is 383 g/mol. The predicted molar refractivity (Wildman–Crippen MR) is 107 cm³/mol. The minimum atomic E-state index is -1.20. The van der Waals surface area contributed by atoms with E-state index in [0.29, 0.717) is 18.8 Å². The van der Waals surface area contributed by atoms with Gasteiger partial charge in [-0.15, -0.1) is 0 Å². The highest BCUT2D eigenvalue weighted by molar-refractivity contribution is 6.09. The van der Waals surface area contributed by atoms with Gasteiger partial charge in [-0.1, -0.05) is 30.3 Å². The molecule has 28 heavy (non-hydrogen) atoms. The van der Waals surface area contributed by atoms with Crippen LogP contribution in [0.15, 0.2) is 54.6 Å². The van der Waals surface area contributed by atoms with Gasteiger partial charge in [0.25, 0.3) is 0 Å². The maximum Gasteiger partial charge on any atom is 0.239 e. The molecule has 1 aliphatic rings. The van der Waals surface area contributed by atoms with Gasteiger partial charge in [0.05, 0.1) is 0 Å². The lowest BCUT2D eigenvalue weighted by Crippen LogP contribution is -2.54. The number of carbonyl (C=O) groups is 2. The highest BCUT2D eigenvalue weighted by Gasteiger charge is 2.40. The molecule has 2 aromatic carbocycles. The van der Waals surface area contributed by atoms with Crippen LogP contribution < -0.4 is 5.32 Å². The summed E-state index contributed by atoms with van der Waals surface area (Å²) in [5.41, 5.74) is 0.525. The van der Waals surface area contributed by atoms with E-state index in [4.69, 9.17) is 0 Å². The predicted octanol–water partition coefficient (Wildman–Crippen LogP) is 3.13. The van der Waals surface area contributed by atoms with Crippen molar-refractivity contribution in [3.8, 4) is 0 Å². The largest absolute Gasteiger partial charge is 0.339 e. The lowest BCUT2D eigenvalue weighted by Gasteiger charge is -2.38. The third-order valence-electron chi connectivity index (χ3n) is 5.11. The van der Waals surface area contributed by atoms with Gasteiger partial charge in [0.1, 0.15) is 11.2 Å². The summed E-state index contributed by atoms with van der Waals surface area (Å²) in [7, 11) is 0. The Morgan fingerprint density at radius 3 is 2.18 bits per heavy atom. The van der Waals surface area contributed by atoms with Gasteiger partial charge < -0.3 is 10.2 Å². The third kappa shape index (κ3) is 4.75. The molecule has 0 unspecified atom stereocenters. The van der Waals surface area contributed by atoms with Crippen LogP contribution in [-0.2, 0) is 16.1 Å². The number of halogens is 1. The zero-order valence-corrected chi connectivity index (χ0v) is 16.3. The molecule has 0 aliphatic carbocycles. The fraction of sp³-hybridized carbons (Fsp3) is 0.364. The van der Waals surface area contributed by atoms with Gasteiger partial charge in [0, 0.05) is 38.4 Å². The van der Waals surface area contributed by atoms with Crippen LogP contribution in [0.1, 0.15) is 19.4 Å². The Balaban J connectivity index is 1.55. The molecule has 1 aliphatic heterocycles. The highest BCUT2D eigenvalue weighted by atomic mass is 19.1. The molecule has 0 radical (unpaired) electrons. The zero-order valence-electron chi connectivity index (χ0n) is 16.3. The first-order valence-electron chi connectivity index (χ1n) is 9.49. The molecule has 2 amide bonds. The first kappa shape index (κ1) is 20.0. The zero-order chi connectivity index (χ0) is 20.1. The molecule has 0 bridgehead atoms. The number of carbonyl (C=O) groups excluding carboxylic acids is 2. The molecule has 148 valence electrons. The minimum absolute atomic E-state index is 0.188. The van der Waals surface area contributed by atoms with Crippen molar-refractivity contribution in [1.82, 2.24) is 9.80 Å². The molecule has 3 rings (SSSR count). The summed E-state index contributed by atoms with van der Waals surface area (Å²) >= 11 is 0. The SMILES string of the molecule is CC(C)(C(=O)Nc1ccc(F)cc1)C(=O)N1CCN(Cc2ccccc2)CC1. The van der Waals surface area contributed by atoms with Crippen LogP contribution in [0.2, 0.25) is 0 Å². The van der Waals surface area contributed by atoms with Crippen molar-refractivity contribution >= 4 is 17.5 Å². The first-order valence-corrected chi connectivity index (χ1v) is 9.49. The van der Waals surface area contributed by atoms with E-state index >= 15 is 0 Å². The standard InChI is InChI=1S/C22H26FN3O2/c1-22(2,20(27)24-19-10-8-18(23)9-11-19)21(28)26-14-12-25(13-15-26)16-17-6-4-3-5-7-17/h3-11H,12-16H2,1-2H3,(H,24,27). The van der Waals surface area contributed by atoms with E-state index in [1.807, 2.05) is 18.2 Å². The Labute approximate surface area is 165 Å². The second-order valence-corrected chi connectivity index (χ2v) is 7.64. The Kier molecular flexibility index (Phi) is 6.09. The molecular formula is C22H26FN3O2. The Bertz CT molecular complexity index is 813. The lowest BCUT2D eigenvalue weighted by molar-refractivity contribution is -0.147. The van der Waals surface area contributed by atoms with Crippen LogP contribution in [0.4, 0.5) is 10.1 Å². The number of hydrogen-bond donors (Lipinski definition) is 1. The van der Waals surface area contributed by atoms with E-state index in [1.54, 1.807) is 18.7 Å². The van der Waals surface area contributed by atoms with Crippen molar-refractivity contribution in [2.24, 2.45) is 5.41 Å². The van der Waals surface area contributed by atoms with E-state index in [0.717, 1.165) is 19.6 Å². The Morgan fingerprint density at radius 1 is 0.964 bits per heavy atom. The fourth-order valence-corrected chi connectivity index (χ4v) is 3.26. The van der Waals surface area contributed by atoms with Gasteiger partial charge in [-0.25, -0.2) is 4.39 Å². The van der Waals surface area contributed by atoms with Crippen molar-refractivity contribution in [3.05, 3.63) is 66.0 Å². The van der Waals surface area contributed by atoms with Crippen LogP contribution in [0.3, 0.4) is 0 Å². The molecular weight excluding hydrogens is 357 g/mol. The maximum absolute atomic E-state index is 13.0. The van der Waals surface area contributed by atoms with Crippen LogP contribution in [0.25, 0.3) is 0 Å². The number of hydrogen-bond acceptors (Lipinski definition) is 3. The van der Waals surface area contributed by atoms with Gasteiger partial charge in [0.15, 0.2) is 0 Å². The molecule has 6 heteroatoms. The number of nitrogens with one attached hydrogen (secondary N) is 1. The summed E-state index contributed by atoms with van der Waals surface area (Å²) in [6.07, 6.45) is 0. The number of nitrogens with zero attached hydrogens (tertiary/aromatic N) is 2. The van der Waals surface area contributed by atoms with Gasteiger partial charge >= 0.3 is 0 Å². The van der Waals surface area contributed by atoms with Gasteiger partial charge in [-0.3, -0.25) is 14.5 Å². The number of amides is 2. The average molecular weight is 383 g/mol. The van der Waals surface area contributed by atoms with E-state index in [1.165, 1.54) is 29.8 Å². The van der Waals surface area contributed by atoms with Crippen LogP contribution >= 0.6 is 0 Å². The van der Waals surface area contributed by atoms with E-state index in [-0.39, 0.29) is 11.7 Å². The lowest BCUT2D eigenvalue weighted by atomic mass is 9.89. The Hall–Kier alpha value is -2.73. The van der Waals surface area contributed by atoms with Gasteiger partial charge in [-0.05, 0) is 43.7 Å². The normalized spacial score (nSPS) is 15.3. The number of piperazine rings is 1. The van der Waals surface area contributed by atoms with Crippen molar-refractivity contribution in [3.63, 3.8) is 0 Å². The summed E-state index contributed by atoms with van der Waals surface area (Å²) in [5, 5.41) is 2.71. The minimum Gasteiger partial charge on any atom is -0.339 e. The maximum atomic E-state index is 13.0. The van der Waals surface area contributed by atoms with E-state index in [2.05, 4.69) is 22.3 Å². The van der Waals surface area contributed by atoms with Crippen molar-refractivity contribution in [2.45, 2.75) is 20.4 Å². The summed E-state index contributed by atoms with van der Waals surface area (Å²) < 4.78 is 13.0. The van der Waals surface area contributed by atoms with Crippen molar-refractivity contribution in [2.75, 3.05) is 31.5 Å². The summed E-state index contributed by atoms with van der Waals surface area (Å²) in [5.74, 6) is -0.955. The van der Waals surface area contributed by atoms with Crippen molar-refractivity contribution < 1.29 is 14.0 Å². The molecule has 1 saturated heterocycles. The molecule has 0 spiro atoms. The first-order chi connectivity index (χ1) is 13.4. The van der Waals surface area contributed by atoms with E-state index < -0.39 is 11.3 Å². The van der Waals surface area contributed by atoms with Crippen LogP contribution in [-0.4, -0.2) is 47.8 Å². The topological polar surface area (TPSA) is 52.7 Å². The molecule has 2 aromatic rings. The molecule has 5 nitrogen and oxygen atoms in total. The highest BCUT2D eigenvalue weighted by Crippen LogP contribution is 2.23. The smallest absolute Gasteiger partial charge is 0.239 e. The molecule has 1 heterocycles.